The van der Waals surface area contributed by atoms with Crippen molar-refractivity contribution in [2.24, 2.45) is 0 Å². The Morgan fingerprint density at radius 2 is 2.00 bits per heavy atom. The molecule has 2 heterocycles. The van der Waals surface area contributed by atoms with Crippen LogP contribution < -0.4 is 5.32 Å². The summed E-state index contributed by atoms with van der Waals surface area (Å²) in [5.74, 6) is 0. The van der Waals surface area contributed by atoms with E-state index in [1.165, 1.54) is 0 Å². The highest BCUT2D eigenvalue weighted by atomic mass is 79.9. The molecule has 3 rings (SSSR count). The van der Waals surface area contributed by atoms with E-state index in [1.807, 2.05) is 30.3 Å². The van der Waals surface area contributed by atoms with Crippen LogP contribution in [-0.4, -0.2) is 9.97 Å². The molecule has 21 heavy (non-hydrogen) atoms. The third-order valence-electron chi connectivity index (χ3n) is 3.05. The zero-order chi connectivity index (χ0) is 14.8. The number of benzene rings is 1. The molecule has 0 saturated carbocycles. The van der Waals surface area contributed by atoms with Crippen LogP contribution in [-0.2, 0) is 6.54 Å². The lowest BCUT2D eigenvalue weighted by Gasteiger charge is -2.10. The van der Waals surface area contributed by atoms with Crippen LogP contribution >= 0.6 is 43.5 Å². The summed E-state index contributed by atoms with van der Waals surface area (Å²) in [6, 6.07) is 9.62. The molecule has 3 nitrogen and oxygen atoms in total. The first-order valence-corrected chi connectivity index (χ1v) is 8.18. The Balaban J connectivity index is 1.90. The van der Waals surface area contributed by atoms with E-state index in [2.05, 4.69) is 47.1 Å². The van der Waals surface area contributed by atoms with Gasteiger partial charge in [-0.2, -0.15) is 0 Å². The average Bonchev–Trinajstić information content (AvgIpc) is 2.48. The van der Waals surface area contributed by atoms with Crippen molar-refractivity contribution in [2.75, 3.05) is 5.32 Å². The molecule has 1 aromatic carbocycles. The third kappa shape index (κ3) is 3.20. The van der Waals surface area contributed by atoms with Gasteiger partial charge in [0.1, 0.15) is 0 Å². The quantitative estimate of drug-likeness (QED) is 0.607. The predicted octanol–water partition coefficient (Wildman–Crippen LogP) is 5.42. The van der Waals surface area contributed by atoms with Crippen LogP contribution in [0.1, 0.15) is 5.69 Å². The minimum Gasteiger partial charge on any atom is -0.378 e. The van der Waals surface area contributed by atoms with E-state index in [1.54, 1.807) is 12.4 Å². The average molecular weight is 428 g/mol. The second-order valence-electron chi connectivity index (χ2n) is 4.43. The van der Waals surface area contributed by atoms with Crippen molar-refractivity contribution in [3.63, 3.8) is 0 Å². The van der Waals surface area contributed by atoms with Crippen molar-refractivity contribution in [1.82, 2.24) is 9.97 Å². The van der Waals surface area contributed by atoms with Crippen molar-refractivity contribution < 1.29 is 0 Å². The molecule has 0 atom stereocenters. The van der Waals surface area contributed by atoms with E-state index in [4.69, 9.17) is 11.6 Å². The highest BCUT2D eigenvalue weighted by molar-refractivity contribution is 9.11. The van der Waals surface area contributed by atoms with Gasteiger partial charge in [-0.15, -0.1) is 0 Å². The van der Waals surface area contributed by atoms with Gasteiger partial charge in [-0.3, -0.25) is 9.97 Å². The largest absolute Gasteiger partial charge is 0.378 e. The number of nitrogens with one attached hydrogen (secondary N) is 1. The first kappa shape index (κ1) is 14.8. The van der Waals surface area contributed by atoms with Crippen LogP contribution in [0.5, 0.6) is 0 Å². The minimum atomic E-state index is 0.598. The van der Waals surface area contributed by atoms with Crippen molar-refractivity contribution in [3.05, 3.63) is 62.4 Å². The number of anilines is 1. The van der Waals surface area contributed by atoms with Gasteiger partial charge in [-0.05, 0) is 62.2 Å². The molecule has 0 aliphatic carbocycles. The van der Waals surface area contributed by atoms with E-state index in [0.29, 0.717) is 11.6 Å². The summed E-state index contributed by atoms with van der Waals surface area (Å²) in [6.45, 7) is 0.598. The number of hydrogen-bond donors (Lipinski definition) is 1. The standard InChI is InChI=1S/C15H10Br2ClN3/c16-9-6-11(17)14(20-7-9)8-21-13-4-3-12(18)10-2-1-5-19-15(10)13/h1-7,21H,8H2. The van der Waals surface area contributed by atoms with Gasteiger partial charge < -0.3 is 5.32 Å². The van der Waals surface area contributed by atoms with Crippen LogP contribution in [0.3, 0.4) is 0 Å². The van der Waals surface area contributed by atoms with Crippen molar-refractivity contribution in [1.29, 1.82) is 0 Å². The van der Waals surface area contributed by atoms with Crippen molar-refractivity contribution in [2.45, 2.75) is 6.54 Å². The minimum absolute atomic E-state index is 0.598. The van der Waals surface area contributed by atoms with E-state index < -0.39 is 0 Å². The van der Waals surface area contributed by atoms with Crippen LogP contribution in [0.2, 0.25) is 5.02 Å². The molecular formula is C15H10Br2ClN3. The molecule has 0 saturated heterocycles. The summed E-state index contributed by atoms with van der Waals surface area (Å²) in [6.07, 6.45) is 3.54. The Bertz CT molecular complexity index is 808. The molecule has 0 aliphatic rings. The van der Waals surface area contributed by atoms with Crippen LogP contribution in [0.25, 0.3) is 10.9 Å². The molecule has 6 heteroatoms. The Hall–Kier alpha value is -1.17. The number of pyridine rings is 2. The summed E-state index contributed by atoms with van der Waals surface area (Å²) in [5, 5.41) is 5.00. The lowest BCUT2D eigenvalue weighted by atomic mass is 10.2. The molecule has 0 amide bonds. The second-order valence-corrected chi connectivity index (χ2v) is 6.61. The molecule has 2 aromatic heterocycles. The topological polar surface area (TPSA) is 37.8 Å². The summed E-state index contributed by atoms with van der Waals surface area (Å²) in [7, 11) is 0. The highest BCUT2D eigenvalue weighted by Crippen LogP contribution is 2.28. The molecule has 0 bridgehead atoms. The molecule has 0 aliphatic heterocycles. The number of halogens is 3. The van der Waals surface area contributed by atoms with Crippen LogP contribution in [0.15, 0.2) is 51.7 Å². The molecule has 0 unspecified atom stereocenters. The zero-order valence-electron chi connectivity index (χ0n) is 10.8. The number of nitrogens with zero attached hydrogens (tertiary/aromatic N) is 2. The van der Waals surface area contributed by atoms with E-state index in [-0.39, 0.29) is 0 Å². The van der Waals surface area contributed by atoms with Gasteiger partial charge >= 0.3 is 0 Å². The SMILES string of the molecule is Clc1ccc(NCc2ncc(Br)cc2Br)c2ncccc12. The van der Waals surface area contributed by atoms with E-state index >= 15 is 0 Å². The number of aromatic nitrogens is 2. The van der Waals surface area contributed by atoms with Gasteiger partial charge in [0.25, 0.3) is 0 Å². The predicted molar refractivity (Wildman–Crippen MR) is 93.7 cm³/mol. The smallest absolute Gasteiger partial charge is 0.0948 e. The monoisotopic (exact) mass is 425 g/mol. The first-order valence-electron chi connectivity index (χ1n) is 6.22. The highest BCUT2D eigenvalue weighted by Gasteiger charge is 2.07. The third-order valence-corrected chi connectivity index (χ3v) is 4.50. The Morgan fingerprint density at radius 1 is 1.14 bits per heavy atom. The number of rotatable bonds is 3. The van der Waals surface area contributed by atoms with Gasteiger partial charge in [0.15, 0.2) is 0 Å². The second kappa shape index (κ2) is 6.30. The van der Waals surface area contributed by atoms with Gasteiger partial charge in [0.05, 0.1) is 28.5 Å². The summed E-state index contributed by atoms with van der Waals surface area (Å²) in [4.78, 5) is 8.79. The number of hydrogen-bond acceptors (Lipinski definition) is 3. The maximum Gasteiger partial charge on any atom is 0.0948 e. The molecule has 106 valence electrons. The van der Waals surface area contributed by atoms with Gasteiger partial charge in [0.2, 0.25) is 0 Å². The molecule has 3 aromatic rings. The van der Waals surface area contributed by atoms with Crippen molar-refractivity contribution >= 4 is 60.1 Å². The molecule has 0 radical (unpaired) electrons. The summed E-state index contributed by atoms with van der Waals surface area (Å²) in [5.41, 5.74) is 2.72. The molecule has 1 N–H and O–H groups in total. The van der Waals surface area contributed by atoms with Crippen LogP contribution in [0, 0.1) is 0 Å². The van der Waals surface area contributed by atoms with E-state index in [0.717, 1.165) is 31.2 Å². The van der Waals surface area contributed by atoms with Crippen LogP contribution in [0.4, 0.5) is 5.69 Å². The Kier molecular flexibility index (Phi) is 4.42. The maximum absolute atomic E-state index is 6.20. The first-order chi connectivity index (χ1) is 10.1. The molecule has 0 fully saturated rings. The van der Waals surface area contributed by atoms with Crippen molar-refractivity contribution in [3.8, 4) is 0 Å². The fourth-order valence-corrected chi connectivity index (χ4v) is 3.38. The molecular weight excluding hydrogens is 417 g/mol. The molecule has 0 spiro atoms. The normalized spacial score (nSPS) is 10.8. The lowest BCUT2D eigenvalue weighted by Crippen LogP contribution is -2.03. The van der Waals surface area contributed by atoms with Gasteiger partial charge in [0, 0.05) is 26.7 Å². The Morgan fingerprint density at radius 3 is 2.81 bits per heavy atom. The summed E-state index contributed by atoms with van der Waals surface area (Å²) >= 11 is 13.1. The van der Waals surface area contributed by atoms with Gasteiger partial charge in [-0.1, -0.05) is 11.6 Å². The fourth-order valence-electron chi connectivity index (χ4n) is 2.03. The lowest BCUT2D eigenvalue weighted by molar-refractivity contribution is 1.03. The van der Waals surface area contributed by atoms with E-state index in [9.17, 15) is 0 Å². The maximum atomic E-state index is 6.20. The summed E-state index contributed by atoms with van der Waals surface area (Å²) < 4.78 is 1.90. The van der Waals surface area contributed by atoms with Gasteiger partial charge in [-0.25, -0.2) is 0 Å². The zero-order valence-corrected chi connectivity index (χ0v) is 14.7. The number of fused-ring (bicyclic) bond motifs is 1. The fraction of sp³-hybridized carbons (Fsp3) is 0.0667. The Labute approximate surface area is 144 Å².